The number of anilines is 1. The average molecular weight is 321 g/mol. The highest BCUT2D eigenvalue weighted by atomic mass is 16.5. The Balaban J connectivity index is 1.72. The minimum Gasteiger partial charge on any atom is -0.379 e. The van der Waals surface area contributed by atoms with Gasteiger partial charge in [0, 0.05) is 52.5 Å². The molecule has 1 aliphatic rings. The number of nitrogens with zero attached hydrogens (tertiary/aromatic N) is 3. The van der Waals surface area contributed by atoms with Crippen molar-refractivity contribution in [2.45, 2.75) is 19.5 Å². The molecule has 1 aliphatic heterocycles. The van der Waals surface area contributed by atoms with Gasteiger partial charge in [0.05, 0.1) is 13.2 Å². The predicted octanol–water partition coefficient (Wildman–Crippen LogP) is 0.668. The van der Waals surface area contributed by atoms with Crippen molar-refractivity contribution in [3.63, 3.8) is 0 Å². The number of nitrogens with one attached hydrogen (secondary N) is 2. The molecule has 7 heteroatoms. The van der Waals surface area contributed by atoms with Crippen LogP contribution in [0.2, 0.25) is 0 Å². The summed E-state index contributed by atoms with van der Waals surface area (Å²) in [5.74, 6) is 0.880. The number of hydrogen-bond acceptors (Lipinski definition) is 5. The van der Waals surface area contributed by atoms with Crippen LogP contribution >= 0.6 is 0 Å². The maximum atomic E-state index is 12.0. The van der Waals surface area contributed by atoms with Gasteiger partial charge >= 0.3 is 6.03 Å². The minimum absolute atomic E-state index is 0.0999. The van der Waals surface area contributed by atoms with Crippen molar-refractivity contribution < 1.29 is 9.53 Å². The number of aromatic nitrogens is 1. The largest absolute Gasteiger partial charge is 0.379 e. The maximum absolute atomic E-state index is 12.0. The van der Waals surface area contributed by atoms with Gasteiger partial charge in [-0.15, -0.1) is 0 Å². The molecule has 1 aromatic rings. The summed E-state index contributed by atoms with van der Waals surface area (Å²) in [5, 5.41) is 5.87. The van der Waals surface area contributed by atoms with Crippen LogP contribution in [0.25, 0.3) is 0 Å². The van der Waals surface area contributed by atoms with Gasteiger partial charge in [-0.25, -0.2) is 9.78 Å². The monoisotopic (exact) mass is 321 g/mol. The van der Waals surface area contributed by atoms with Crippen LogP contribution in [0.3, 0.4) is 0 Å². The Morgan fingerprint density at radius 2 is 2.17 bits per heavy atom. The summed E-state index contributed by atoms with van der Waals surface area (Å²) in [5.41, 5.74) is 1.03. The molecule has 1 saturated heterocycles. The topological polar surface area (TPSA) is 69.7 Å². The summed E-state index contributed by atoms with van der Waals surface area (Å²) in [6, 6.07) is 3.83. The molecule has 2 heterocycles. The second-order valence-electron chi connectivity index (χ2n) is 6.06. The average Bonchev–Trinajstić information content (AvgIpc) is 2.54. The van der Waals surface area contributed by atoms with Gasteiger partial charge in [0.25, 0.3) is 0 Å². The quantitative estimate of drug-likeness (QED) is 0.806. The van der Waals surface area contributed by atoms with E-state index in [1.165, 1.54) is 0 Å². The molecule has 1 fully saturated rings. The first-order chi connectivity index (χ1) is 11.0. The molecule has 128 valence electrons. The summed E-state index contributed by atoms with van der Waals surface area (Å²) in [4.78, 5) is 20.5. The zero-order chi connectivity index (χ0) is 16.7. The first-order valence-corrected chi connectivity index (χ1v) is 8.01. The van der Waals surface area contributed by atoms with E-state index in [0.29, 0.717) is 6.54 Å². The Labute approximate surface area is 138 Å². The van der Waals surface area contributed by atoms with Crippen molar-refractivity contribution in [3.8, 4) is 0 Å². The molecule has 0 spiro atoms. The number of ether oxygens (including phenoxy) is 1. The summed E-state index contributed by atoms with van der Waals surface area (Å²) >= 11 is 0. The van der Waals surface area contributed by atoms with Crippen LogP contribution in [-0.4, -0.2) is 68.9 Å². The number of pyridine rings is 1. The standard InChI is InChI=1S/C16H27N5O2/c1-13(12-21-6-8-23-9-7-21)19-16(22)18-11-14-4-5-17-15(10-14)20(2)3/h4-5,10,13H,6-9,11-12H2,1-3H3,(H2,18,19,22). The highest BCUT2D eigenvalue weighted by Gasteiger charge is 2.15. The molecule has 1 unspecified atom stereocenters. The lowest BCUT2D eigenvalue weighted by molar-refractivity contribution is 0.0349. The fourth-order valence-electron chi connectivity index (χ4n) is 2.49. The molecule has 2 rings (SSSR count). The minimum atomic E-state index is -0.144. The predicted molar refractivity (Wildman–Crippen MR) is 90.7 cm³/mol. The van der Waals surface area contributed by atoms with Gasteiger partial charge in [0.15, 0.2) is 0 Å². The van der Waals surface area contributed by atoms with Crippen molar-refractivity contribution in [3.05, 3.63) is 23.9 Å². The number of hydrogen-bond donors (Lipinski definition) is 2. The van der Waals surface area contributed by atoms with Crippen molar-refractivity contribution in [2.24, 2.45) is 0 Å². The Morgan fingerprint density at radius 1 is 1.43 bits per heavy atom. The van der Waals surface area contributed by atoms with Crippen LogP contribution in [0.4, 0.5) is 10.6 Å². The van der Waals surface area contributed by atoms with Crippen molar-refractivity contribution >= 4 is 11.8 Å². The van der Waals surface area contributed by atoms with Gasteiger partial charge in [-0.2, -0.15) is 0 Å². The molecular formula is C16H27N5O2. The van der Waals surface area contributed by atoms with Crippen LogP contribution in [-0.2, 0) is 11.3 Å². The van der Waals surface area contributed by atoms with E-state index >= 15 is 0 Å². The first-order valence-electron chi connectivity index (χ1n) is 8.01. The van der Waals surface area contributed by atoms with Crippen LogP contribution in [0.15, 0.2) is 18.3 Å². The maximum Gasteiger partial charge on any atom is 0.315 e. The second kappa shape index (κ2) is 8.69. The molecule has 0 bridgehead atoms. The molecule has 23 heavy (non-hydrogen) atoms. The van der Waals surface area contributed by atoms with Gasteiger partial charge < -0.3 is 20.3 Å². The Morgan fingerprint density at radius 3 is 2.87 bits per heavy atom. The third kappa shape index (κ3) is 6.03. The highest BCUT2D eigenvalue weighted by molar-refractivity contribution is 5.74. The van der Waals surface area contributed by atoms with E-state index in [0.717, 1.165) is 44.2 Å². The van der Waals surface area contributed by atoms with Crippen molar-refractivity contribution in [1.82, 2.24) is 20.5 Å². The van der Waals surface area contributed by atoms with Gasteiger partial charge in [-0.05, 0) is 24.6 Å². The second-order valence-corrected chi connectivity index (χ2v) is 6.06. The number of carbonyl (C=O) groups is 1. The molecule has 7 nitrogen and oxygen atoms in total. The lowest BCUT2D eigenvalue weighted by atomic mass is 10.2. The molecular weight excluding hydrogens is 294 g/mol. The van der Waals surface area contributed by atoms with Crippen molar-refractivity contribution in [2.75, 3.05) is 51.8 Å². The highest BCUT2D eigenvalue weighted by Crippen LogP contribution is 2.09. The lowest BCUT2D eigenvalue weighted by Crippen LogP contribution is -2.48. The van der Waals surface area contributed by atoms with Gasteiger partial charge in [0.1, 0.15) is 5.82 Å². The molecule has 2 amide bonds. The first kappa shape index (κ1) is 17.5. The van der Waals surface area contributed by atoms with Crippen LogP contribution in [0.1, 0.15) is 12.5 Å². The zero-order valence-corrected chi connectivity index (χ0v) is 14.2. The third-order valence-electron chi connectivity index (χ3n) is 3.73. The molecule has 0 saturated carbocycles. The van der Waals surface area contributed by atoms with Gasteiger partial charge in [-0.3, -0.25) is 4.90 Å². The van der Waals surface area contributed by atoms with E-state index in [-0.39, 0.29) is 12.1 Å². The van der Waals surface area contributed by atoms with E-state index in [1.807, 2.05) is 38.1 Å². The number of rotatable bonds is 6. The van der Waals surface area contributed by atoms with Crippen LogP contribution in [0, 0.1) is 0 Å². The van der Waals surface area contributed by atoms with E-state index in [9.17, 15) is 4.79 Å². The van der Waals surface area contributed by atoms with Gasteiger partial charge in [-0.1, -0.05) is 0 Å². The number of amides is 2. The Hall–Kier alpha value is -1.86. The number of carbonyl (C=O) groups excluding carboxylic acids is 1. The Kier molecular flexibility index (Phi) is 6.61. The van der Waals surface area contributed by atoms with Crippen molar-refractivity contribution in [1.29, 1.82) is 0 Å². The van der Waals surface area contributed by atoms with Crippen LogP contribution in [0.5, 0.6) is 0 Å². The summed E-state index contributed by atoms with van der Waals surface area (Å²) < 4.78 is 5.33. The number of morpholine rings is 1. The number of urea groups is 1. The molecule has 2 N–H and O–H groups in total. The summed E-state index contributed by atoms with van der Waals surface area (Å²) in [6.45, 7) is 6.75. The molecule has 1 aromatic heterocycles. The third-order valence-corrected chi connectivity index (χ3v) is 3.73. The molecule has 0 radical (unpaired) electrons. The van der Waals surface area contributed by atoms with E-state index in [2.05, 4.69) is 20.5 Å². The van der Waals surface area contributed by atoms with Gasteiger partial charge in [0.2, 0.25) is 0 Å². The molecule has 1 atom stereocenters. The summed E-state index contributed by atoms with van der Waals surface area (Å²) in [7, 11) is 3.89. The van der Waals surface area contributed by atoms with E-state index in [4.69, 9.17) is 4.74 Å². The normalized spacial score (nSPS) is 16.7. The Bertz CT molecular complexity index is 503. The SMILES string of the molecule is CC(CN1CCOCC1)NC(=O)NCc1ccnc(N(C)C)c1. The molecule has 0 aromatic carbocycles. The fraction of sp³-hybridized carbons (Fsp3) is 0.625. The smallest absolute Gasteiger partial charge is 0.315 e. The fourth-order valence-corrected chi connectivity index (χ4v) is 2.49. The molecule has 0 aliphatic carbocycles. The van der Waals surface area contributed by atoms with E-state index < -0.39 is 0 Å². The zero-order valence-electron chi connectivity index (χ0n) is 14.2. The van der Waals surface area contributed by atoms with E-state index in [1.54, 1.807) is 6.20 Å². The van der Waals surface area contributed by atoms with Crippen LogP contribution < -0.4 is 15.5 Å². The summed E-state index contributed by atoms with van der Waals surface area (Å²) in [6.07, 6.45) is 1.76. The lowest BCUT2D eigenvalue weighted by Gasteiger charge is -2.29.